The zero-order chi connectivity index (χ0) is 33.4. The molecule has 0 fully saturated rings. The number of hydrogen-bond donors (Lipinski definition) is 0. The van der Waals surface area contributed by atoms with Crippen molar-refractivity contribution >= 4 is 23.9 Å². The second-order valence-electron chi connectivity index (χ2n) is 10.0. The van der Waals surface area contributed by atoms with E-state index in [2.05, 4.69) is 13.2 Å². The van der Waals surface area contributed by atoms with Gasteiger partial charge < -0.3 is 23.7 Å². The summed E-state index contributed by atoms with van der Waals surface area (Å²) in [5.41, 5.74) is 2.10. The van der Waals surface area contributed by atoms with Crippen LogP contribution in [-0.4, -0.2) is 43.7 Å². The largest absolute Gasteiger partial charge is 0.494 e. The molecular formula is C37H34NO9+. The highest BCUT2D eigenvalue weighted by Gasteiger charge is 2.13. The van der Waals surface area contributed by atoms with E-state index >= 15 is 0 Å². The Bertz CT molecular complexity index is 1680. The lowest BCUT2D eigenvalue weighted by molar-refractivity contribution is -0.688. The SMILES string of the molecule is C=CCOC(=O)c1cc[n+](Cc2ccc(C(=O)Oc3ccc(OC(=O)c4ccc(OCCCCOC(=O)C=C)cc4)cc3)cc2)cc1. The highest BCUT2D eigenvalue weighted by molar-refractivity contribution is 5.92. The highest BCUT2D eigenvalue weighted by Crippen LogP contribution is 2.21. The molecule has 240 valence electrons. The number of pyridine rings is 1. The van der Waals surface area contributed by atoms with Crippen molar-refractivity contribution in [1.29, 1.82) is 0 Å². The Balaban J connectivity index is 1.20. The van der Waals surface area contributed by atoms with Gasteiger partial charge in [0, 0.05) is 23.8 Å². The van der Waals surface area contributed by atoms with Gasteiger partial charge in [-0.1, -0.05) is 31.4 Å². The zero-order valence-corrected chi connectivity index (χ0v) is 25.7. The third-order valence-electron chi connectivity index (χ3n) is 6.57. The Morgan fingerprint density at radius 3 is 1.66 bits per heavy atom. The molecule has 0 saturated heterocycles. The molecular weight excluding hydrogens is 602 g/mol. The third kappa shape index (κ3) is 10.8. The molecule has 3 aromatic carbocycles. The van der Waals surface area contributed by atoms with Gasteiger partial charge in [-0.2, -0.15) is 0 Å². The molecule has 0 bridgehead atoms. The van der Waals surface area contributed by atoms with Crippen LogP contribution in [0.5, 0.6) is 17.2 Å². The lowest BCUT2D eigenvalue weighted by Crippen LogP contribution is -2.33. The molecule has 4 rings (SSSR count). The summed E-state index contributed by atoms with van der Waals surface area (Å²) in [6.45, 7) is 8.29. The van der Waals surface area contributed by atoms with Crippen molar-refractivity contribution in [3.8, 4) is 17.2 Å². The van der Waals surface area contributed by atoms with Crippen LogP contribution in [-0.2, 0) is 20.8 Å². The summed E-state index contributed by atoms with van der Waals surface area (Å²) in [4.78, 5) is 48.2. The van der Waals surface area contributed by atoms with Crippen LogP contribution in [0.4, 0.5) is 0 Å². The first-order chi connectivity index (χ1) is 22.8. The first-order valence-electron chi connectivity index (χ1n) is 14.8. The summed E-state index contributed by atoms with van der Waals surface area (Å²) in [6, 6.07) is 23.1. The van der Waals surface area contributed by atoms with Gasteiger partial charge in [0.05, 0.1) is 29.9 Å². The Labute approximate surface area is 272 Å². The number of nitrogens with zero attached hydrogens (tertiary/aromatic N) is 1. The van der Waals surface area contributed by atoms with E-state index in [-0.39, 0.29) is 12.4 Å². The molecule has 1 heterocycles. The number of unbranched alkanes of at least 4 members (excludes halogenated alkanes) is 1. The Hall–Kier alpha value is -6.03. The fourth-order valence-electron chi connectivity index (χ4n) is 4.09. The van der Waals surface area contributed by atoms with Crippen LogP contribution in [0.3, 0.4) is 0 Å². The first kappa shape index (κ1) is 33.9. The molecule has 0 saturated carbocycles. The minimum absolute atomic E-state index is 0.152. The van der Waals surface area contributed by atoms with Gasteiger partial charge in [-0.3, -0.25) is 0 Å². The summed E-state index contributed by atoms with van der Waals surface area (Å²) in [5.74, 6) is -0.772. The molecule has 47 heavy (non-hydrogen) atoms. The van der Waals surface area contributed by atoms with Crippen molar-refractivity contribution in [3.05, 3.63) is 145 Å². The van der Waals surface area contributed by atoms with Crippen molar-refractivity contribution in [2.24, 2.45) is 0 Å². The van der Waals surface area contributed by atoms with Gasteiger partial charge in [-0.25, -0.2) is 23.7 Å². The van der Waals surface area contributed by atoms with Crippen molar-refractivity contribution in [2.45, 2.75) is 19.4 Å². The summed E-state index contributed by atoms with van der Waals surface area (Å²) in [6.07, 6.45) is 7.54. The second kappa shape index (κ2) is 17.5. The number of benzene rings is 3. The van der Waals surface area contributed by atoms with E-state index in [1.165, 1.54) is 30.3 Å². The number of aromatic nitrogens is 1. The molecule has 4 aromatic rings. The molecule has 0 atom stereocenters. The number of carbonyl (C=O) groups is 4. The molecule has 0 aliphatic rings. The van der Waals surface area contributed by atoms with E-state index in [1.807, 2.05) is 16.7 Å². The van der Waals surface area contributed by atoms with Gasteiger partial charge in [0.2, 0.25) is 0 Å². The highest BCUT2D eigenvalue weighted by atomic mass is 16.5. The first-order valence-corrected chi connectivity index (χ1v) is 14.8. The predicted molar refractivity (Wildman–Crippen MR) is 171 cm³/mol. The maximum Gasteiger partial charge on any atom is 0.343 e. The molecule has 10 nitrogen and oxygen atoms in total. The number of carbonyl (C=O) groups excluding carboxylic acids is 4. The second-order valence-corrected chi connectivity index (χ2v) is 10.0. The summed E-state index contributed by atoms with van der Waals surface area (Å²) < 4.78 is 28.4. The molecule has 0 N–H and O–H groups in total. The summed E-state index contributed by atoms with van der Waals surface area (Å²) in [7, 11) is 0. The number of rotatable bonds is 16. The number of ether oxygens (including phenoxy) is 5. The zero-order valence-electron chi connectivity index (χ0n) is 25.7. The topological polar surface area (TPSA) is 118 Å². The lowest BCUT2D eigenvalue weighted by atomic mass is 10.1. The van der Waals surface area contributed by atoms with Crippen molar-refractivity contribution in [3.63, 3.8) is 0 Å². The molecule has 0 unspecified atom stereocenters. The average Bonchev–Trinajstić information content (AvgIpc) is 3.10. The van der Waals surface area contributed by atoms with Crippen LogP contribution in [0.15, 0.2) is 123 Å². The summed E-state index contributed by atoms with van der Waals surface area (Å²) >= 11 is 0. The molecule has 1 aromatic heterocycles. The summed E-state index contributed by atoms with van der Waals surface area (Å²) in [5, 5.41) is 0. The smallest absolute Gasteiger partial charge is 0.343 e. The van der Waals surface area contributed by atoms with E-state index in [0.29, 0.717) is 60.8 Å². The van der Waals surface area contributed by atoms with Gasteiger partial charge in [0.15, 0.2) is 18.9 Å². The van der Waals surface area contributed by atoms with Crippen molar-refractivity contribution < 1.29 is 47.4 Å². The van der Waals surface area contributed by atoms with E-state index in [9.17, 15) is 19.2 Å². The minimum Gasteiger partial charge on any atom is -0.494 e. The molecule has 0 radical (unpaired) electrons. The lowest BCUT2D eigenvalue weighted by Gasteiger charge is -2.09. The molecule has 0 aliphatic carbocycles. The Morgan fingerprint density at radius 1 is 0.596 bits per heavy atom. The van der Waals surface area contributed by atoms with Gasteiger partial charge in [-0.05, 0) is 73.5 Å². The van der Waals surface area contributed by atoms with Crippen molar-refractivity contribution in [1.82, 2.24) is 0 Å². The van der Waals surface area contributed by atoms with Crippen LogP contribution in [0.25, 0.3) is 0 Å². The Kier molecular flexibility index (Phi) is 12.6. The van der Waals surface area contributed by atoms with Crippen LogP contribution in [0.1, 0.15) is 49.5 Å². The molecule has 0 spiro atoms. The van der Waals surface area contributed by atoms with E-state index in [1.54, 1.807) is 60.9 Å². The van der Waals surface area contributed by atoms with Gasteiger partial charge in [0.1, 0.15) is 23.9 Å². The predicted octanol–water partition coefficient (Wildman–Crippen LogP) is 5.69. The number of hydrogen-bond acceptors (Lipinski definition) is 9. The fraction of sp³-hybridized carbons (Fsp3) is 0.162. The minimum atomic E-state index is -0.550. The van der Waals surface area contributed by atoms with Gasteiger partial charge >= 0.3 is 23.9 Å². The monoisotopic (exact) mass is 636 g/mol. The average molecular weight is 637 g/mol. The van der Waals surface area contributed by atoms with E-state index in [0.717, 1.165) is 11.6 Å². The van der Waals surface area contributed by atoms with Crippen molar-refractivity contribution in [2.75, 3.05) is 19.8 Å². The fourth-order valence-corrected chi connectivity index (χ4v) is 4.09. The van der Waals surface area contributed by atoms with Crippen LogP contribution >= 0.6 is 0 Å². The van der Waals surface area contributed by atoms with Crippen LogP contribution < -0.4 is 18.8 Å². The Morgan fingerprint density at radius 2 is 1.11 bits per heavy atom. The van der Waals surface area contributed by atoms with E-state index in [4.69, 9.17) is 23.7 Å². The standard InChI is InChI=1S/C37H34NO9/c1-3-23-45-35(40)30-19-21-38(22-20-30)26-27-7-9-28(10-8-27)36(41)46-32-15-17-33(18-16-32)47-37(42)29-11-13-31(14-12-29)43-24-5-6-25-44-34(39)4-2/h3-4,7-22H,1-2,5-6,23-26H2/q+1. The molecule has 0 aliphatic heterocycles. The quantitative estimate of drug-likeness (QED) is 0.0382. The maximum atomic E-state index is 12.7. The third-order valence-corrected chi connectivity index (χ3v) is 6.57. The van der Waals surface area contributed by atoms with Crippen LogP contribution in [0, 0.1) is 0 Å². The maximum absolute atomic E-state index is 12.7. The van der Waals surface area contributed by atoms with Crippen LogP contribution in [0.2, 0.25) is 0 Å². The molecule has 0 amide bonds. The van der Waals surface area contributed by atoms with E-state index < -0.39 is 23.9 Å². The van der Waals surface area contributed by atoms with Gasteiger partial charge in [0.25, 0.3) is 0 Å². The van der Waals surface area contributed by atoms with Gasteiger partial charge in [-0.15, -0.1) is 0 Å². The number of esters is 4. The normalized spacial score (nSPS) is 10.3. The molecule has 10 heteroatoms.